The number of nitrogens with zero attached hydrogens (tertiary/aromatic N) is 2. The summed E-state index contributed by atoms with van der Waals surface area (Å²) < 4.78 is 0. The van der Waals surface area contributed by atoms with Crippen LogP contribution in [0.4, 0.5) is 5.69 Å². The molecule has 0 radical (unpaired) electrons. The van der Waals surface area contributed by atoms with Crippen molar-refractivity contribution in [2.75, 3.05) is 38.0 Å². The van der Waals surface area contributed by atoms with Crippen LogP contribution in [-0.2, 0) is 16.1 Å². The maximum atomic E-state index is 12.9. The molecule has 0 aliphatic carbocycles. The molecule has 0 spiro atoms. The Balaban J connectivity index is 1.40. The van der Waals surface area contributed by atoms with E-state index in [2.05, 4.69) is 15.5 Å². The highest BCUT2D eigenvalue weighted by molar-refractivity contribution is 6.06. The quantitative estimate of drug-likeness (QED) is 0.603. The van der Waals surface area contributed by atoms with Crippen LogP contribution in [0.5, 0.6) is 0 Å². The van der Waals surface area contributed by atoms with Gasteiger partial charge in [-0.3, -0.25) is 19.7 Å². The van der Waals surface area contributed by atoms with Gasteiger partial charge in [-0.15, -0.1) is 0 Å². The number of piperidine rings is 2. The van der Waals surface area contributed by atoms with Crippen LogP contribution in [0.3, 0.4) is 0 Å². The van der Waals surface area contributed by atoms with Crippen molar-refractivity contribution >= 4 is 23.4 Å². The molecule has 1 aromatic carbocycles. The van der Waals surface area contributed by atoms with Crippen LogP contribution in [-0.4, -0.2) is 66.3 Å². The van der Waals surface area contributed by atoms with Gasteiger partial charge < -0.3 is 20.9 Å². The summed E-state index contributed by atoms with van der Waals surface area (Å²) in [5.74, 6) is -0.173. The number of nitrogens with one attached hydrogen (secondary N) is 2. The molecule has 1 unspecified atom stereocenters. The number of imide groups is 1. The van der Waals surface area contributed by atoms with Crippen molar-refractivity contribution in [2.24, 2.45) is 11.7 Å². The molecule has 3 aliphatic rings. The van der Waals surface area contributed by atoms with Crippen molar-refractivity contribution in [3.05, 3.63) is 29.3 Å². The second-order valence-electron chi connectivity index (χ2n) is 8.19. The van der Waals surface area contributed by atoms with Crippen LogP contribution >= 0.6 is 0 Å². The van der Waals surface area contributed by atoms with Crippen molar-refractivity contribution in [3.63, 3.8) is 0 Å². The van der Waals surface area contributed by atoms with Crippen molar-refractivity contribution in [1.29, 1.82) is 0 Å². The topological polar surface area (TPSA) is 108 Å². The summed E-state index contributed by atoms with van der Waals surface area (Å²) in [6, 6.07) is 5.13. The molecule has 4 N–H and O–H groups in total. The average molecular weight is 399 g/mol. The van der Waals surface area contributed by atoms with Gasteiger partial charge in [0.05, 0.1) is 0 Å². The predicted octanol–water partition coefficient (Wildman–Crippen LogP) is 0.530. The highest BCUT2D eigenvalue weighted by atomic mass is 16.2. The molecular formula is C21H29N5O3. The maximum absolute atomic E-state index is 12.9. The van der Waals surface area contributed by atoms with Crippen LogP contribution in [0.15, 0.2) is 18.2 Å². The first-order valence-corrected chi connectivity index (χ1v) is 10.5. The number of anilines is 1. The molecule has 0 bridgehead atoms. The lowest BCUT2D eigenvalue weighted by molar-refractivity contribution is -0.136. The summed E-state index contributed by atoms with van der Waals surface area (Å²) in [6.45, 7) is 5.11. The summed E-state index contributed by atoms with van der Waals surface area (Å²) in [5.41, 5.74) is 8.21. The zero-order valence-electron chi connectivity index (χ0n) is 16.7. The van der Waals surface area contributed by atoms with E-state index in [4.69, 9.17) is 5.73 Å². The maximum Gasteiger partial charge on any atom is 0.255 e. The number of likely N-dealkylation sites (tertiary alicyclic amines) is 1. The molecular weight excluding hydrogens is 370 g/mol. The Hall–Kier alpha value is -2.45. The fraction of sp³-hybridized carbons (Fsp3) is 0.571. The third-order valence-corrected chi connectivity index (χ3v) is 6.32. The Kier molecular flexibility index (Phi) is 5.82. The van der Waals surface area contributed by atoms with E-state index in [1.165, 1.54) is 0 Å². The van der Waals surface area contributed by atoms with Gasteiger partial charge in [0, 0.05) is 49.4 Å². The van der Waals surface area contributed by atoms with Gasteiger partial charge in [0.2, 0.25) is 11.8 Å². The second-order valence-corrected chi connectivity index (χ2v) is 8.19. The molecule has 29 heavy (non-hydrogen) atoms. The third kappa shape index (κ3) is 4.13. The SMILES string of the molecule is NCCN1CCC(CNc2cccc3c2CN(C2CCC(=O)NC2=O)C3=O)CC1. The Bertz CT molecular complexity index is 804. The number of hydrogen-bond acceptors (Lipinski definition) is 6. The highest BCUT2D eigenvalue weighted by Crippen LogP contribution is 2.32. The molecule has 2 fully saturated rings. The van der Waals surface area contributed by atoms with Gasteiger partial charge >= 0.3 is 0 Å². The van der Waals surface area contributed by atoms with Gasteiger partial charge in [0.25, 0.3) is 5.91 Å². The molecule has 3 aliphatic heterocycles. The van der Waals surface area contributed by atoms with E-state index < -0.39 is 6.04 Å². The molecule has 0 aromatic heterocycles. The molecule has 4 rings (SSSR count). The van der Waals surface area contributed by atoms with Gasteiger partial charge in [0.1, 0.15) is 6.04 Å². The van der Waals surface area contributed by atoms with Crippen LogP contribution in [0.2, 0.25) is 0 Å². The summed E-state index contributed by atoms with van der Waals surface area (Å²) in [4.78, 5) is 40.6. The van der Waals surface area contributed by atoms with E-state index in [0.717, 1.165) is 50.3 Å². The first-order chi connectivity index (χ1) is 14.1. The number of benzene rings is 1. The van der Waals surface area contributed by atoms with Crippen LogP contribution in [0, 0.1) is 5.92 Å². The molecule has 3 heterocycles. The highest BCUT2D eigenvalue weighted by Gasteiger charge is 2.39. The number of carbonyl (C=O) groups excluding carboxylic acids is 3. The number of rotatable bonds is 6. The third-order valence-electron chi connectivity index (χ3n) is 6.32. The van der Waals surface area contributed by atoms with E-state index in [9.17, 15) is 14.4 Å². The van der Waals surface area contributed by atoms with Gasteiger partial charge in [0.15, 0.2) is 0 Å². The van der Waals surface area contributed by atoms with Crippen LogP contribution < -0.4 is 16.4 Å². The number of nitrogens with two attached hydrogens (primary N) is 1. The molecule has 8 nitrogen and oxygen atoms in total. The van der Waals surface area contributed by atoms with E-state index in [1.54, 1.807) is 4.90 Å². The first-order valence-electron chi connectivity index (χ1n) is 10.5. The number of fused-ring (bicyclic) bond motifs is 1. The van der Waals surface area contributed by atoms with E-state index >= 15 is 0 Å². The van der Waals surface area contributed by atoms with Crippen LogP contribution in [0.1, 0.15) is 41.6 Å². The average Bonchev–Trinajstić information content (AvgIpc) is 3.05. The smallest absolute Gasteiger partial charge is 0.255 e. The molecule has 2 saturated heterocycles. The Labute approximate surface area is 170 Å². The number of carbonyl (C=O) groups is 3. The number of amides is 3. The first kappa shape index (κ1) is 19.8. The minimum atomic E-state index is -0.577. The monoisotopic (exact) mass is 399 g/mol. The zero-order chi connectivity index (χ0) is 20.4. The van der Waals surface area contributed by atoms with Gasteiger partial charge in [-0.05, 0) is 50.4 Å². The van der Waals surface area contributed by atoms with Crippen molar-refractivity contribution in [3.8, 4) is 0 Å². The molecule has 156 valence electrons. The van der Waals surface area contributed by atoms with Crippen LogP contribution in [0.25, 0.3) is 0 Å². The lowest BCUT2D eigenvalue weighted by atomic mass is 9.96. The Morgan fingerprint density at radius 2 is 1.93 bits per heavy atom. The molecule has 8 heteroatoms. The number of hydrogen-bond donors (Lipinski definition) is 3. The van der Waals surface area contributed by atoms with Crippen molar-refractivity contribution in [1.82, 2.24) is 15.1 Å². The fourth-order valence-corrected chi connectivity index (χ4v) is 4.60. The summed E-state index contributed by atoms with van der Waals surface area (Å²) in [5, 5.41) is 5.90. The van der Waals surface area contributed by atoms with E-state index in [1.807, 2.05) is 18.2 Å². The van der Waals surface area contributed by atoms with Crippen molar-refractivity contribution < 1.29 is 14.4 Å². The van der Waals surface area contributed by atoms with Gasteiger partial charge in [-0.25, -0.2) is 0 Å². The molecule has 3 amide bonds. The van der Waals surface area contributed by atoms with Gasteiger partial charge in [-0.1, -0.05) is 6.07 Å². The second kappa shape index (κ2) is 8.51. The van der Waals surface area contributed by atoms with Gasteiger partial charge in [-0.2, -0.15) is 0 Å². The standard InChI is InChI=1S/C21H29N5O3/c22-8-11-25-9-6-14(7-10-25)12-23-17-3-1-2-15-16(17)13-26(21(15)29)18-4-5-19(27)24-20(18)28/h1-3,14,18,23H,4-13,22H2,(H,24,27,28). The minimum absolute atomic E-state index is 0.131. The Morgan fingerprint density at radius 1 is 1.14 bits per heavy atom. The normalized spacial score (nSPS) is 23.3. The predicted molar refractivity (Wildman–Crippen MR) is 109 cm³/mol. The largest absolute Gasteiger partial charge is 0.384 e. The lowest BCUT2D eigenvalue weighted by Crippen LogP contribution is -2.52. The molecule has 1 atom stereocenters. The van der Waals surface area contributed by atoms with E-state index in [0.29, 0.717) is 31.0 Å². The van der Waals surface area contributed by atoms with E-state index in [-0.39, 0.29) is 24.1 Å². The molecule has 1 aromatic rings. The summed E-state index contributed by atoms with van der Waals surface area (Å²) >= 11 is 0. The van der Waals surface area contributed by atoms with Crippen molar-refractivity contribution in [2.45, 2.75) is 38.3 Å². The Morgan fingerprint density at radius 3 is 2.66 bits per heavy atom. The summed E-state index contributed by atoms with van der Waals surface area (Å²) in [7, 11) is 0. The minimum Gasteiger partial charge on any atom is -0.384 e. The summed E-state index contributed by atoms with van der Waals surface area (Å²) in [6.07, 6.45) is 2.94. The zero-order valence-corrected chi connectivity index (χ0v) is 16.7. The lowest BCUT2D eigenvalue weighted by Gasteiger charge is -2.32. The fourth-order valence-electron chi connectivity index (χ4n) is 4.60. The molecule has 0 saturated carbocycles.